The third-order valence-corrected chi connectivity index (χ3v) is 5.55. The molecule has 0 amide bonds. The van der Waals surface area contributed by atoms with Crippen LogP contribution in [0.4, 0.5) is 5.69 Å². The van der Waals surface area contributed by atoms with Gasteiger partial charge in [0.25, 0.3) is 0 Å². The highest BCUT2D eigenvalue weighted by atomic mass is 16.5. The third-order valence-electron chi connectivity index (χ3n) is 5.55. The molecule has 0 unspecified atom stereocenters. The minimum absolute atomic E-state index is 0.299. The molecule has 32 heavy (non-hydrogen) atoms. The quantitative estimate of drug-likeness (QED) is 0.399. The van der Waals surface area contributed by atoms with E-state index in [4.69, 9.17) is 14.2 Å². The van der Waals surface area contributed by atoms with Gasteiger partial charge in [0.15, 0.2) is 0 Å². The Kier molecular flexibility index (Phi) is 7.48. The zero-order valence-corrected chi connectivity index (χ0v) is 19.0. The van der Waals surface area contributed by atoms with Gasteiger partial charge in [-0.05, 0) is 56.0 Å². The number of fused-ring (bicyclic) bond motifs is 1. The molecule has 6 heteroatoms. The van der Waals surface area contributed by atoms with E-state index >= 15 is 0 Å². The number of nitrogens with one attached hydrogen (secondary N) is 2. The van der Waals surface area contributed by atoms with E-state index in [0.29, 0.717) is 32.5 Å². The van der Waals surface area contributed by atoms with Crippen molar-refractivity contribution in [1.82, 2.24) is 4.98 Å². The Morgan fingerprint density at radius 1 is 1.06 bits per heavy atom. The Hall–Kier alpha value is -2.38. The van der Waals surface area contributed by atoms with Gasteiger partial charge in [-0.25, -0.2) is 0 Å². The number of aromatic amines is 1. The largest absolute Gasteiger partial charge is 0.388 e. The number of rotatable bonds is 10. The van der Waals surface area contributed by atoms with Crippen LogP contribution in [0.3, 0.4) is 0 Å². The molecule has 3 N–H and O–H groups in total. The average molecular weight is 439 g/mol. The number of aromatic nitrogens is 1. The van der Waals surface area contributed by atoms with Gasteiger partial charge in [0.2, 0.25) is 0 Å². The summed E-state index contributed by atoms with van der Waals surface area (Å²) in [6.45, 7) is 6.82. The van der Waals surface area contributed by atoms with E-state index < -0.39 is 5.60 Å². The van der Waals surface area contributed by atoms with E-state index in [-0.39, 0.29) is 0 Å². The fourth-order valence-electron chi connectivity index (χ4n) is 3.97. The third kappa shape index (κ3) is 6.33. The molecule has 1 aliphatic rings. The number of ether oxygens (including phenoxy) is 3. The summed E-state index contributed by atoms with van der Waals surface area (Å²) in [4.78, 5) is 3.62. The fraction of sp³-hybridized carbons (Fsp3) is 0.462. The number of hydrogen-bond acceptors (Lipinski definition) is 5. The zero-order chi connectivity index (χ0) is 22.4. The second-order valence-electron chi connectivity index (χ2n) is 9.11. The van der Waals surface area contributed by atoms with Crippen molar-refractivity contribution in [3.05, 3.63) is 54.1 Å². The van der Waals surface area contributed by atoms with Crippen LogP contribution < -0.4 is 5.32 Å². The molecule has 4 rings (SSSR count). The first-order valence-electron chi connectivity index (χ1n) is 11.4. The first kappa shape index (κ1) is 22.8. The first-order chi connectivity index (χ1) is 15.5. The van der Waals surface area contributed by atoms with Gasteiger partial charge in [-0.3, -0.25) is 0 Å². The van der Waals surface area contributed by atoms with E-state index in [1.165, 1.54) is 5.56 Å². The monoisotopic (exact) mass is 438 g/mol. The van der Waals surface area contributed by atoms with Gasteiger partial charge in [-0.15, -0.1) is 0 Å². The Bertz CT molecular complexity index is 988. The standard InChI is InChI=1S/C26H34N2O4/c1-26(2,29)18-32-13-12-31-17-19-14-21-16-23(20-6-4-3-5-7-20)28-25(21)24(15-19)27-22-8-10-30-11-9-22/h3-7,14-16,22,27-29H,8-13,17-18H2,1-2H3. The van der Waals surface area contributed by atoms with E-state index in [0.717, 1.165) is 53.9 Å². The lowest BCUT2D eigenvalue weighted by molar-refractivity contribution is -0.0390. The summed E-state index contributed by atoms with van der Waals surface area (Å²) < 4.78 is 16.9. The molecule has 0 spiro atoms. The van der Waals surface area contributed by atoms with Crippen molar-refractivity contribution in [3.8, 4) is 11.3 Å². The van der Waals surface area contributed by atoms with Gasteiger partial charge in [0.1, 0.15) is 0 Å². The predicted molar refractivity (Wildman–Crippen MR) is 128 cm³/mol. The summed E-state index contributed by atoms with van der Waals surface area (Å²) in [6, 6.07) is 17.4. The fourth-order valence-corrected chi connectivity index (χ4v) is 3.97. The number of H-pyrrole nitrogens is 1. The van der Waals surface area contributed by atoms with Gasteiger partial charge in [0, 0.05) is 30.3 Å². The van der Waals surface area contributed by atoms with Crippen molar-refractivity contribution >= 4 is 16.6 Å². The summed E-state index contributed by atoms with van der Waals surface area (Å²) in [5.74, 6) is 0. The maximum atomic E-state index is 9.72. The maximum Gasteiger partial charge on any atom is 0.0824 e. The highest BCUT2D eigenvalue weighted by molar-refractivity contribution is 5.95. The predicted octanol–water partition coefficient (Wildman–Crippen LogP) is 4.73. The molecule has 1 saturated heterocycles. The topological polar surface area (TPSA) is 75.7 Å². The van der Waals surface area contributed by atoms with Crippen LogP contribution in [-0.4, -0.2) is 54.8 Å². The van der Waals surface area contributed by atoms with Crippen LogP contribution in [0, 0.1) is 0 Å². The van der Waals surface area contributed by atoms with E-state index in [1.54, 1.807) is 13.8 Å². The van der Waals surface area contributed by atoms with Crippen molar-refractivity contribution in [1.29, 1.82) is 0 Å². The number of aliphatic hydroxyl groups is 1. The lowest BCUT2D eigenvalue weighted by Crippen LogP contribution is -2.28. The molecule has 0 saturated carbocycles. The molecule has 1 fully saturated rings. The molecule has 0 radical (unpaired) electrons. The van der Waals surface area contributed by atoms with Gasteiger partial charge >= 0.3 is 0 Å². The smallest absolute Gasteiger partial charge is 0.0824 e. The Labute approximate surface area is 189 Å². The molecule has 1 aromatic heterocycles. The zero-order valence-electron chi connectivity index (χ0n) is 19.0. The highest BCUT2D eigenvalue weighted by Crippen LogP contribution is 2.31. The number of hydrogen-bond donors (Lipinski definition) is 3. The van der Waals surface area contributed by atoms with Crippen LogP contribution in [0.1, 0.15) is 32.3 Å². The molecule has 0 bridgehead atoms. The average Bonchev–Trinajstić information content (AvgIpc) is 3.21. The lowest BCUT2D eigenvalue weighted by atomic mass is 10.1. The molecular weight excluding hydrogens is 404 g/mol. The van der Waals surface area contributed by atoms with Crippen LogP contribution >= 0.6 is 0 Å². The molecule has 2 heterocycles. The Balaban J connectivity index is 1.49. The van der Waals surface area contributed by atoms with Crippen LogP contribution in [0.25, 0.3) is 22.2 Å². The van der Waals surface area contributed by atoms with Gasteiger partial charge in [0.05, 0.1) is 43.2 Å². The van der Waals surface area contributed by atoms with Crippen LogP contribution in [0.15, 0.2) is 48.5 Å². The Morgan fingerprint density at radius 2 is 1.81 bits per heavy atom. The highest BCUT2D eigenvalue weighted by Gasteiger charge is 2.17. The number of anilines is 1. The summed E-state index contributed by atoms with van der Waals surface area (Å²) in [6.07, 6.45) is 2.01. The van der Waals surface area contributed by atoms with Crippen molar-refractivity contribution in [2.75, 3.05) is 38.4 Å². The van der Waals surface area contributed by atoms with Crippen molar-refractivity contribution in [2.24, 2.45) is 0 Å². The van der Waals surface area contributed by atoms with E-state index in [2.05, 4.69) is 52.8 Å². The lowest BCUT2D eigenvalue weighted by Gasteiger charge is -2.24. The maximum absolute atomic E-state index is 9.72. The summed E-state index contributed by atoms with van der Waals surface area (Å²) in [5, 5.41) is 14.6. The van der Waals surface area contributed by atoms with Crippen molar-refractivity contribution in [2.45, 2.75) is 44.9 Å². The molecule has 2 aromatic carbocycles. The van der Waals surface area contributed by atoms with Crippen molar-refractivity contribution in [3.63, 3.8) is 0 Å². The molecule has 172 valence electrons. The first-order valence-corrected chi connectivity index (χ1v) is 11.4. The van der Waals surface area contributed by atoms with E-state index in [9.17, 15) is 5.11 Å². The molecule has 1 aliphatic heterocycles. The molecule has 3 aromatic rings. The molecular formula is C26H34N2O4. The minimum atomic E-state index is -0.819. The second-order valence-corrected chi connectivity index (χ2v) is 9.11. The van der Waals surface area contributed by atoms with Gasteiger partial charge in [-0.1, -0.05) is 30.3 Å². The Morgan fingerprint density at radius 3 is 2.56 bits per heavy atom. The molecule has 6 nitrogen and oxygen atoms in total. The molecule has 0 aliphatic carbocycles. The minimum Gasteiger partial charge on any atom is -0.388 e. The SMILES string of the molecule is CC(C)(O)COCCOCc1cc(NC2CCOCC2)c2[nH]c(-c3ccccc3)cc2c1. The normalized spacial score (nSPS) is 15.3. The van der Waals surface area contributed by atoms with Crippen LogP contribution in [0.5, 0.6) is 0 Å². The summed E-state index contributed by atoms with van der Waals surface area (Å²) >= 11 is 0. The van der Waals surface area contributed by atoms with Gasteiger partial charge < -0.3 is 29.6 Å². The summed E-state index contributed by atoms with van der Waals surface area (Å²) in [5.41, 5.74) is 4.80. The van der Waals surface area contributed by atoms with Gasteiger partial charge in [-0.2, -0.15) is 0 Å². The second kappa shape index (κ2) is 10.5. The molecule has 0 atom stereocenters. The summed E-state index contributed by atoms with van der Waals surface area (Å²) in [7, 11) is 0. The number of benzene rings is 2. The van der Waals surface area contributed by atoms with Crippen molar-refractivity contribution < 1.29 is 19.3 Å². The van der Waals surface area contributed by atoms with Crippen LogP contribution in [0.2, 0.25) is 0 Å². The van der Waals surface area contributed by atoms with E-state index in [1.807, 2.05) is 6.07 Å². The van der Waals surface area contributed by atoms with Crippen LogP contribution in [-0.2, 0) is 20.8 Å².